The molecule has 0 spiro atoms. The molecule has 1 aromatic heterocycles. The van der Waals surface area contributed by atoms with Gasteiger partial charge >= 0.3 is 0 Å². The smallest absolute Gasteiger partial charge is 0.148 e. The topological polar surface area (TPSA) is 44.2 Å². The largest absolute Gasteiger partial charge is 0.494 e. The molecule has 0 N–H and O–H groups in total. The minimum atomic E-state index is -0.209. The Hall–Kier alpha value is -2.10. The minimum absolute atomic E-state index is 0.209. The summed E-state index contributed by atoms with van der Waals surface area (Å²) in [7, 11) is 1.65. The quantitative estimate of drug-likeness (QED) is 0.857. The van der Waals surface area contributed by atoms with E-state index in [1.807, 2.05) is 45.9 Å². The molecule has 0 atom stereocenters. The number of methoxy groups -OCH3 is 1. The second-order valence-electron chi connectivity index (χ2n) is 6.06. The first kappa shape index (κ1) is 15.3. The third kappa shape index (κ3) is 3.51. The Kier molecular flexibility index (Phi) is 4.16. The highest BCUT2D eigenvalue weighted by atomic mass is 16.5. The average molecular weight is 286 g/mol. The lowest BCUT2D eigenvalue weighted by Gasteiger charge is -2.22. The van der Waals surface area contributed by atoms with Crippen molar-refractivity contribution in [3.05, 3.63) is 35.7 Å². The Morgan fingerprint density at radius 3 is 2.38 bits per heavy atom. The molecular weight excluding hydrogens is 264 g/mol. The van der Waals surface area contributed by atoms with Crippen molar-refractivity contribution in [3.63, 3.8) is 0 Å². The summed E-state index contributed by atoms with van der Waals surface area (Å²) in [6, 6.07) is 6.07. The number of aryl methyl sites for hydroxylation is 2. The third-order valence-corrected chi connectivity index (χ3v) is 3.10. The van der Waals surface area contributed by atoms with Gasteiger partial charge in [0.25, 0.3) is 0 Å². The van der Waals surface area contributed by atoms with Crippen LogP contribution in [0, 0.1) is 13.8 Å². The molecule has 0 saturated heterocycles. The van der Waals surface area contributed by atoms with Crippen molar-refractivity contribution in [3.8, 4) is 22.6 Å². The van der Waals surface area contributed by atoms with E-state index in [-0.39, 0.29) is 5.60 Å². The first-order chi connectivity index (χ1) is 9.81. The summed E-state index contributed by atoms with van der Waals surface area (Å²) >= 11 is 0. The van der Waals surface area contributed by atoms with E-state index >= 15 is 0 Å². The zero-order valence-corrected chi connectivity index (χ0v) is 13.5. The summed E-state index contributed by atoms with van der Waals surface area (Å²) in [5.41, 5.74) is 3.82. The van der Waals surface area contributed by atoms with Gasteiger partial charge in [-0.15, -0.1) is 0 Å². The lowest BCUT2D eigenvalue weighted by Crippen LogP contribution is -2.22. The lowest BCUT2D eigenvalue weighted by molar-refractivity contribution is 0.131. The maximum absolute atomic E-state index is 5.90. The van der Waals surface area contributed by atoms with Crippen LogP contribution in [0.3, 0.4) is 0 Å². The van der Waals surface area contributed by atoms with Crippen LogP contribution in [0.25, 0.3) is 11.1 Å². The van der Waals surface area contributed by atoms with Gasteiger partial charge < -0.3 is 9.47 Å². The molecule has 0 unspecified atom stereocenters. The van der Waals surface area contributed by atoms with Crippen LogP contribution in [-0.4, -0.2) is 22.9 Å². The fraction of sp³-hybridized carbons (Fsp3) is 0.412. The molecule has 0 aliphatic heterocycles. The number of rotatable bonds is 3. The highest BCUT2D eigenvalue weighted by molar-refractivity contribution is 5.75. The summed E-state index contributed by atoms with van der Waals surface area (Å²) < 4.78 is 11.3. The second kappa shape index (κ2) is 5.72. The summed E-state index contributed by atoms with van der Waals surface area (Å²) in [5.74, 6) is 1.59. The van der Waals surface area contributed by atoms with Crippen LogP contribution < -0.4 is 9.47 Å². The molecule has 0 bridgehead atoms. The van der Waals surface area contributed by atoms with Gasteiger partial charge in [0, 0.05) is 5.56 Å². The SMILES string of the molecule is COc1cnnc(C)c1-c1ccc(OC(C)(C)C)cc1C. The molecule has 4 heteroatoms. The molecule has 0 aliphatic carbocycles. The van der Waals surface area contributed by atoms with Gasteiger partial charge in [-0.05, 0) is 57.9 Å². The third-order valence-electron chi connectivity index (χ3n) is 3.10. The second-order valence-corrected chi connectivity index (χ2v) is 6.06. The van der Waals surface area contributed by atoms with Crippen LogP contribution in [0.15, 0.2) is 24.4 Å². The zero-order chi connectivity index (χ0) is 15.6. The van der Waals surface area contributed by atoms with Crippen LogP contribution in [0.5, 0.6) is 11.5 Å². The van der Waals surface area contributed by atoms with E-state index in [0.29, 0.717) is 0 Å². The van der Waals surface area contributed by atoms with Gasteiger partial charge in [-0.3, -0.25) is 0 Å². The molecule has 0 radical (unpaired) electrons. The summed E-state index contributed by atoms with van der Waals surface area (Å²) in [5, 5.41) is 8.06. The van der Waals surface area contributed by atoms with E-state index in [9.17, 15) is 0 Å². The zero-order valence-electron chi connectivity index (χ0n) is 13.5. The fourth-order valence-electron chi connectivity index (χ4n) is 2.28. The molecule has 4 nitrogen and oxygen atoms in total. The molecule has 1 aromatic carbocycles. The maximum atomic E-state index is 5.90. The molecule has 2 rings (SSSR count). The fourth-order valence-corrected chi connectivity index (χ4v) is 2.28. The van der Waals surface area contributed by atoms with E-state index in [0.717, 1.165) is 33.9 Å². The van der Waals surface area contributed by atoms with Gasteiger partial charge in [0.05, 0.1) is 19.0 Å². The van der Waals surface area contributed by atoms with Gasteiger partial charge in [0.15, 0.2) is 0 Å². The van der Waals surface area contributed by atoms with Gasteiger partial charge in [0.2, 0.25) is 0 Å². The number of hydrogen-bond acceptors (Lipinski definition) is 4. The monoisotopic (exact) mass is 286 g/mol. The summed E-state index contributed by atoms with van der Waals surface area (Å²) in [6.45, 7) is 10.1. The predicted octanol–water partition coefficient (Wildman–Crippen LogP) is 3.95. The van der Waals surface area contributed by atoms with Crippen molar-refractivity contribution in [2.24, 2.45) is 0 Å². The van der Waals surface area contributed by atoms with Crippen molar-refractivity contribution in [1.82, 2.24) is 10.2 Å². The summed E-state index contributed by atoms with van der Waals surface area (Å²) in [4.78, 5) is 0. The summed E-state index contributed by atoms with van der Waals surface area (Å²) in [6.07, 6.45) is 1.64. The van der Waals surface area contributed by atoms with Gasteiger partial charge in [-0.25, -0.2) is 0 Å². The standard InChI is InChI=1S/C17H22N2O2/c1-11-9-13(21-17(3,4)5)7-8-14(11)16-12(2)19-18-10-15(16)20-6/h7-10H,1-6H3. The Morgan fingerprint density at radius 1 is 1.10 bits per heavy atom. The first-order valence-corrected chi connectivity index (χ1v) is 6.98. The molecular formula is C17H22N2O2. The lowest BCUT2D eigenvalue weighted by atomic mass is 9.99. The van der Waals surface area contributed by atoms with Crippen molar-refractivity contribution < 1.29 is 9.47 Å². The van der Waals surface area contributed by atoms with Gasteiger partial charge in [-0.1, -0.05) is 6.07 Å². The average Bonchev–Trinajstić information content (AvgIpc) is 2.37. The highest BCUT2D eigenvalue weighted by Gasteiger charge is 2.16. The molecule has 112 valence electrons. The number of benzene rings is 1. The molecule has 2 aromatic rings. The van der Waals surface area contributed by atoms with Crippen molar-refractivity contribution in [2.75, 3.05) is 7.11 Å². The Balaban J connectivity index is 2.47. The van der Waals surface area contributed by atoms with Crippen LogP contribution in [0.2, 0.25) is 0 Å². The molecule has 0 fully saturated rings. The Labute approximate surface area is 126 Å². The predicted molar refractivity (Wildman–Crippen MR) is 83.9 cm³/mol. The van der Waals surface area contributed by atoms with Crippen molar-refractivity contribution in [1.29, 1.82) is 0 Å². The van der Waals surface area contributed by atoms with Crippen LogP contribution in [0.1, 0.15) is 32.0 Å². The van der Waals surface area contributed by atoms with Crippen LogP contribution >= 0.6 is 0 Å². The number of hydrogen-bond donors (Lipinski definition) is 0. The number of aromatic nitrogens is 2. The van der Waals surface area contributed by atoms with Crippen LogP contribution in [0.4, 0.5) is 0 Å². The number of ether oxygens (including phenoxy) is 2. The Bertz CT molecular complexity index is 646. The van der Waals surface area contributed by atoms with Crippen LogP contribution in [-0.2, 0) is 0 Å². The maximum Gasteiger partial charge on any atom is 0.148 e. The van der Waals surface area contributed by atoms with Gasteiger partial charge in [0.1, 0.15) is 17.1 Å². The van der Waals surface area contributed by atoms with E-state index in [2.05, 4.69) is 17.1 Å². The first-order valence-electron chi connectivity index (χ1n) is 6.98. The van der Waals surface area contributed by atoms with Gasteiger partial charge in [-0.2, -0.15) is 10.2 Å². The molecule has 21 heavy (non-hydrogen) atoms. The molecule has 0 amide bonds. The molecule has 0 aliphatic rings. The van der Waals surface area contributed by atoms with E-state index in [1.165, 1.54) is 0 Å². The molecule has 0 saturated carbocycles. The Morgan fingerprint density at radius 2 is 1.81 bits per heavy atom. The molecule has 1 heterocycles. The van der Waals surface area contributed by atoms with E-state index in [1.54, 1.807) is 13.3 Å². The van der Waals surface area contributed by atoms with Crippen molar-refractivity contribution >= 4 is 0 Å². The number of nitrogens with zero attached hydrogens (tertiary/aromatic N) is 2. The highest BCUT2D eigenvalue weighted by Crippen LogP contribution is 2.35. The minimum Gasteiger partial charge on any atom is -0.494 e. The van der Waals surface area contributed by atoms with Crippen molar-refractivity contribution in [2.45, 2.75) is 40.2 Å². The normalized spacial score (nSPS) is 11.3. The van der Waals surface area contributed by atoms with E-state index in [4.69, 9.17) is 9.47 Å². The van der Waals surface area contributed by atoms with E-state index < -0.39 is 0 Å².